The van der Waals surface area contributed by atoms with Crippen molar-refractivity contribution in [3.05, 3.63) is 17.7 Å². The van der Waals surface area contributed by atoms with Gasteiger partial charge in [-0.2, -0.15) is 13.8 Å². The summed E-state index contributed by atoms with van der Waals surface area (Å²) in [5.41, 5.74) is -0.414. The normalized spacial score (nSPS) is 11.2. The third kappa shape index (κ3) is 2.45. The second-order valence-corrected chi connectivity index (χ2v) is 2.91. The quantitative estimate of drug-likeness (QED) is 0.738. The summed E-state index contributed by atoms with van der Waals surface area (Å²) in [6.07, 6.45) is 0. The minimum Gasteiger partial charge on any atom is -0.481 e. The van der Waals surface area contributed by atoms with Crippen molar-refractivity contribution in [2.24, 2.45) is 0 Å². The molecule has 1 aromatic rings. The molecule has 0 saturated heterocycles. The van der Waals surface area contributed by atoms with Crippen LogP contribution in [0, 0.1) is 0 Å². The Morgan fingerprint density at radius 3 is 1.93 bits per heavy atom. The van der Waals surface area contributed by atoms with Gasteiger partial charge in [-0.25, -0.2) is 0 Å². The Kier molecular flexibility index (Phi) is 3.10. The van der Waals surface area contributed by atoms with Gasteiger partial charge in [0.15, 0.2) is 0 Å². The average Bonchev–Trinajstić information content (AvgIpc) is 2.15. The zero-order valence-electron chi connectivity index (χ0n) is 7.55. The van der Waals surface area contributed by atoms with Crippen molar-refractivity contribution in [3.63, 3.8) is 0 Å². The van der Waals surface area contributed by atoms with Gasteiger partial charge in [0.05, 0.1) is 14.2 Å². The van der Waals surface area contributed by atoms with Crippen molar-refractivity contribution in [1.29, 1.82) is 0 Å². The number of aromatic nitrogens is 1. The number of halogens is 3. The molecule has 1 heterocycles. The monoisotopic (exact) mass is 223 g/mol. The molecule has 0 aliphatic carbocycles. The predicted molar refractivity (Wildman–Crippen MR) is 47.1 cm³/mol. The zero-order valence-corrected chi connectivity index (χ0v) is 8.31. The SMILES string of the molecule is COc1cc(C(F)(F)Cl)cc(OC)n1. The molecule has 1 rings (SSSR count). The van der Waals surface area contributed by atoms with Crippen LogP contribution in [0.1, 0.15) is 5.56 Å². The molecule has 0 N–H and O–H groups in total. The summed E-state index contributed by atoms with van der Waals surface area (Å²) in [5, 5.41) is -3.45. The molecule has 3 nitrogen and oxygen atoms in total. The van der Waals surface area contributed by atoms with Crippen LogP contribution in [0.15, 0.2) is 12.1 Å². The lowest BCUT2D eigenvalue weighted by molar-refractivity contribution is 0.0942. The molecule has 0 atom stereocenters. The second kappa shape index (κ2) is 3.96. The van der Waals surface area contributed by atoms with Crippen molar-refractivity contribution < 1.29 is 18.3 Å². The van der Waals surface area contributed by atoms with Gasteiger partial charge >= 0.3 is 5.38 Å². The van der Waals surface area contributed by atoms with Crippen LogP contribution in [0.3, 0.4) is 0 Å². The Labute approximate surface area is 84.6 Å². The van der Waals surface area contributed by atoms with E-state index in [1.165, 1.54) is 14.2 Å². The van der Waals surface area contributed by atoms with Crippen LogP contribution < -0.4 is 9.47 Å². The first kappa shape index (κ1) is 11.0. The van der Waals surface area contributed by atoms with E-state index in [0.717, 1.165) is 12.1 Å². The molecule has 1 aromatic heterocycles. The maximum Gasteiger partial charge on any atom is 0.348 e. The summed E-state index contributed by atoms with van der Waals surface area (Å²) < 4.78 is 34.8. The summed E-state index contributed by atoms with van der Waals surface area (Å²) in [5.74, 6) is 0.0550. The zero-order chi connectivity index (χ0) is 10.8. The van der Waals surface area contributed by atoms with Crippen molar-refractivity contribution in [2.75, 3.05) is 14.2 Å². The molecule has 0 unspecified atom stereocenters. The first-order valence-corrected chi connectivity index (χ1v) is 4.02. The highest BCUT2D eigenvalue weighted by molar-refractivity contribution is 6.21. The van der Waals surface area contributed by atoms with Crippen molar-refractivity contribution in [2.45, 2.75) is 5.38 Å². The fourth-order valence-electron chi connectivity index (χ4n) is 0.854. The highest BCUT2D eigenvalue weighted by Crippen LogP contribution is 2.35. The lowest BCUT2D eigenvalue weighted by Crippen LogP contribution is -2.05. The first-order chi connectivity index (χ1) is 6.47. The number of alkyl halides is 3. The minimum absolute atomic E-state index is 0.0275. The standard InChI is InChI=1S/C8H8ClF2NO2/c1-13-6-3-5(8(9,10)11)4-7(12-6)14-2/h3-4H,1-2H3. The van der Waals surface area contributed by atoms with E-state index in [-0.39, 0.29) is 11.8 Å². The second-order valence-electron chi connectivity index (χ2n) is 2.44. The number of nitrogens with zero attached hydrogens (tertiary/aromatic N) is 1. The van der Waals surface area contributed by atoms with E-state index in [2.05, 4.69) is 4.98 Å². The van der Waals surface area contributed by atoms with E-state index in [1.54, 1.807) is 0 Å². The van der Waals surface area contributed by atoms with Gasteiger partial charge in [0, 0.05) is 17.7 Å². The van der Waals surface area contributed by atoms with Gasteiger partial charge in [-0.15, -0.1) is 0 Å². The van der Waals surface area contributed by atoms with Crippen LogP contribution >= 0.6 is 11.6 Å². The van der Waals surface area contributed by atoms with Gasteiger partial charge in [0.25, 0.3) is 0 Å². The number of pyridine rings is 1. The smallest absolute Gasteiger partial charge is 0.348 e. The van der Waals surface area contributed by atoms with Crippen LogP contribution in [-0.2, 0) is 5.38 Å². The van der Waals surface area contributed by atoms with E-state index in [9.17, 15) is 8.78 Å². The minimum atomic E-state index is -3.45. The Hall–Kier alpha value is -1.10. The van der Waals surface area contributed by atoms with Crippen molar-refractivity contribution in [1.82, 2.24) is 4.98 Å². The number of hydrogen-bond donors (Lipinski definition) is 0. The molecular weight excluding hydrogens is 216 g/mol. The molecule has 14 heavy (non-hydrogen) atoms. The molecule has 0 amide bonds. The Morgan fingerprint density at radius 2 is 1.64 bits per heavy atom. The highest BCUT2D eigenvalue weighted by atomic mass is 35.5. The molecule has 78 valence electrons. The van der Waals surface area contributed by atoms with Crippen molar-refractivity contribution >= 4 is 11.6 Å². The molecule has 0 saturated carbocycles. The lowest BCUT2D eigenvalue weighted by atomic mass is 10.2. The first-order valence-electron chi connectivity index (χ1n) is 3.64. The molecule has 0 bridgehead atoms. The predicted octanol–water partition coefficient (Wildman–Crippen LogP) is 2.39. The van der Waals surface area contributed by atoms with Crippen LogP contribution in [0.5, 0.6) is 11.8 Å². The van der Waals surface area contributed by atoms with Gasteiger partial charge in [-0.05, 0) is 11.6 Å². The molecule has 0 spiro atoms. The summed E-state index contributed by atoms with van der Waals surface area (Å²) in [6, 6.07) is 2.10. The van der Waals surface area contributed by atoms with E-state index in [1.807, 2.05) is 0 Å². The van der Waals surface area contributed by atoms with Gasteiger partial charge in [-0.1, -0.05) is 0 Å². The van der Waals surface area contributed by atoms with Gasteiger partial charge in [0.1, 0.15) is 0 Å². The molecule has 0 fully saturated rings. The Balaban J connectivity index is 3.17. The third-order valence-electron chi connectivity index (χ3n) is 1.52. The van der Waals surface area contributed by atoms with Gasteiger partial charge < -0.3 is 9.47 Å². The average molecular weight is 224 g/mol. The molecule has 0 aliphatic rings. The van der Waals surface area contributed by atoms with E-state index in [4.69, 9.17) is 21.1 Å². The lowest BCUT2D eigenvalue weighted by Gasteiger charge is -2.10. The van der Waals surface area contributed by atoms with Crippen LogP contribution in [-0.4, -0.2) is 19.2 Å². The van der Waals surface area contributed by atoms with Crippen LogP contribution in [0.4, 0.5) is 8.78 Å². The largest absolute Gasteiger partial charge is 0.481 e. The molecule has 0 radical (unpaired) electrons. The fraction of sp³-hybridized carbons (Fsp3) is 0.375. The van der Waals surface area contributed by atoms with Crippen molar-refractivity contribution in [3.8, 4) is 11.8 Å². The summed E-state index contributed by atoms with van der Waals surface area (Å²) in [6.45, 7) is 0. The Morgan fingerprint density at radius 1 is 1.21 bits per heavy atom. The van der Waals surface area contributed by atoms with E-state index >= 15 is 0 Å². The van der Waals surface area contributed by atoms with E-state index < -0.39 is 10.9 Å². The number of ether oxygens (including phenoxy) is 2. The summed E-state index contributed by atoms with van der Waals surface area (Å²) in [4.78, 5) is 3.75. The number of rotatable bonds is 3. The summed E-state index contributed by atoms with van der Waals surface area (Å²) in [7, 11) is 2.63. The molecule has 0 aromatic carbocycles. The molecule has 6 heteroatoms. The van der Waals surface area contributed by atoms with Crippen LogP contribution in [0.25, 0.3) is 0 Å². The van der Waals surface area contributed by atoms with Gasteiger partial charge in [0.2, 0.25) is 11.8 Å². The molecule has 0 aliphatic heterocycles. The number of hydrogen-bond acceptors (Lipinski definition) is 3. The fourth-order valence-corrected chi connectivity index (χ4v) is 0.963. The Bertz CT molecular complexity index is 305. The van der Waals surface area contributed by atoms with Crippen LogP contribution in [0.2, 0.25) is 0 Å². The molecular formula is C8H8ClF2NO2. The van der Waals surface area contributed by atoms with E-state index in [0.29, 0.717) is 0 Å². The maximum atomic E-state index is 12.7. The summed E-state index contributed by atoms with van der Waals surface area (Å²) >= 11 is 4.84. The number of methoxy groups -OCH3 is 2. The van der Waals surface area contributed by atoms with Gasteiger partial charge in [-0.3, -0.25) is 0 Å². The third-order valence-corrected chi connectivity index (χ3v) is 1.74. The topological polar surface area (TPSA) is 31.4 Å². The highest BCUT2D eigenvalue weighted by Gasteiger charge is 2.29. The maximum absolute atomic E-state index is 12.7.